The number of carboxylic acids is 1. The Bertz CT molecular complexity index is 319. The van der Waals surface area contributed by atoms with E-state index in [9.17, 15) is 14.7 Å². The molecule has 116 valence electrons. The van der Waals surface area contributed by atoms with E-state index in [1.54, 1.807) is 0 Å². The lowest BCUT2D eigenvalue weighted by Gasteiger charge is -2.21. The van der Waals surface area contributed by atoms with Crippen molar-refractivity contribution in [2.75, 3.05) is 6.54 Å². The highest BCUT2D eigenvalue weighted by molar-refractivity contribution is 5.84. The van der Waals surface area contributed by atoms with E-state index < -0.39 is 18.1 Å². The molecule has 5 heteroatoms. The molecular formula is C15H27NO4. The van der Waals surface area contributed by atoms with E-state index in [2.05, 4.69) is 6.92 Å². The second-order valence-corrected chi connectivity index (χ2v) is 5.66. The number of aliphatic hydroxyl groups excluding tert-OH is 1. The van der Waals surface area contributed by atoms with E-state index >= 15 is 0 Å². The fourth-order valence-corrected chi connectivity index (χ4v) is 2.70. The van der Waals surface area contributed by atoms with Crippen molar-refractivity contribution in [1.82, 2.24) is 4.90 Å². The first-order valence-corrected chi connectivity index (χ1v) is 7.76. The molecule has 2 N–H and O–H groups in total. The zero-order valence-corrected chi connectivity index (χ0v) is 12.4. The largest absolute Gasteiger partial charge is 0.480 e. The summed E-state index contributed by atoms with van der Waals surface area (Å²) in [5, 5.41) is 18.5. The fourth-order valence-electron chi connectivity index (χ4n) is 2.70. The Kier molecular flexibility index (Phi) is 7.59. The number of carboxylic acid groups (broad SMARTS) is 1. The number of rotatable bonds is 9. The molecule has 20 heavy (non-hydrogen) atoms. The van der Waals surface area contributed by atoms with E-state index in [-0.39, 0.29) is 18.9 Å². The summed E-state index contributed by atoms with van der Waals surface area (Å²) in [4.78, 5) is 24.3. The number of β-amino-alcohol motifs (C(OH)–C–C–N with tert-alkyl or cyclic N) is 1. The first kappa shape index (κ1) is 17.0. The van der Waals surface area contributed by atoms with Crippen LogP contribution < -0.4 is 0 Å². The maximum Gasteiger partial charge on any atom is 0.326 e. The zero-order valence-electron chi connectivity index (χ0n) is 12.4. The Labute approximate surface area is 121 Å². The highest BCUT2D eigenvalue weighted by Gasteiger charge is 2.38. The van der Waals surface area contributed by atoms with E-state index in [0.29, 0.717) is 6.42 Å². The number of nitrogens with zero attached hydrogens (tertiary/aromatic N) is 1. The van der Waals surface area contributed by atoms with Gasteiger partial charge in [-0.3, -0.25) is 4.79 Å². The smallest absolute Gasteiger partial charge is 0.326 e. The molecule has 0 aromatic rings. The summed E-state index contributed by atoms with van der Waals surface area (Å²) in [7, 11) is 0. The number of unbranched alkanes of at least 4 members (excludes halogenated alkanes) is 6. The number of hydrogen-bond acceptors (Lipinski definition) is 3. The molecule has 0 unspecified atom stereocenters. The molecule has 1 aliphatic heterocycles. The second-order valence-electron chi connectivity index (χ2n) is 5.66. The summed E-state index contributed by atoms with van der Waals surface area (Å²) in [6.45, 7) is 2.34. The summed E-state index contributed by atoms with van der Waals surface area (Å²) in [6.07, 6.45) is 7.77. The first-order chi connectivity index (χ1) is 9.56. The molecule has 0 radical (unpaired) electrons. The lowest BCUT2D eigenvalue weighted by atomic mass is 10.1. The molecule has 0 aromatic heterocycles. The van der Waals surface area contributed by atoms with Crippen LogP contribution in [0.2, 0.25) is 0 Å². The van der Waals surface area contributed by atoms with Gasteiger partial charge in [0.2, 0.25) is 5.91 Å². The summed E-state index contributed by atoms with van der Waals surface area (Å²) in [6, 6.07) is -0.845. The number of hydrogen-bond donors (Lipinski definition) is 2. The van der Waals surface area contributed by atoms with Gasteiger partial charge in [0.15, 0.2) is 0 Å². The predicted octanol–water partition coefficient (Wildman–Crippen LogP) is 2.17. The van der Waals surface area contributed by atoms with Gasteiger partial charge < -0.3 is 15.1 Å². The van der Waals surface area contributed by atoms with Crippen LogP contribution in [-0.4, -0.2) is 45.7 Å². The van der Waals surface area contributed by atoms with Crippen LogP contribution in [0.15, 0.2) is 0 Å². The quantitative estimate of drug-likeness (QED) is 0.636. The molecule has 0 saturated carbocycles. The molecule has 0 bridgehead atoms. The van der Waals surface area contributed by atoms with E-state index in [1.165, 1.54) is 30.6 Å². The Hall–Kier alpha value is -1.10. The SMILES string of the molecule is CCCCCCCCCC(=O)N1C[C@@H](O)C[C@H]1C(=O)O. The maximum atomic E-state index is 12.0. The Morgan fingerprint density at radius 3 is 2.30 bits per heavy atom. The van der Waals surface area contributed by atoms with Gasteiger partial charge in [-0.2, -0.15) is 0 Å². The molecule has 1 amide bonds. The Morgan fingerprint density at radius 2 is 1.70 bits per heavy atom. The Morgan fingerprint density at radius 1 is 1.10 bits per heavy atom. The highest BCUT2D eigenvalue weighted by atomic mass is 16.4. The molecule has 0 spiro atoms. The van der Waals surface area contributed by atoms with Crippen LogP contribution >= 0.6 is 0 Å². The lowest BCUT2D eigenvalue weighted by Crippen LogP contribution is -2.40. The van der Waals surface area contributed by atoms with Crippen LogP contribution in [0, 0.1) is 0 Å². The van der Waals surface area contributed by atoms with Crippen molar-refractivity contribution in [3.05, 3.63) is 0 Å². The van der Waals surface area contributed by atoms with Gasteiger partial charge in [0, 0.05) is 19.4 Å². The van der Waals surface area contributed by atoms with Gasteiger partial charge >= 0.3 is 5.97 Å². The molecule has 1 aliphatic rings. The average Bonchev–Trinajstić information content (AvgIpc) is 2.80. The second kappa shape index (κ2) is 8.95. The van der Waals surface area contributed by atoms with Crippen molar-refractivity contribution >= 4 is 11.9 Å². The van der Waals surface area contributed by atoms with Crippen molar-refractivity contribution in [2.24, 2.45) is 0 Å². The van der Waals surface area contributed by atoms with Crippen molar-refractivity contribution in [3.63, 3.8) is 0 Å². The van der Waals surface area contributed by atoms with Gasteiger partial charge in [0.1, 0.15) is 6.04 Å². The molecular weight excluding hydrogens is 258 g/mol. The van der Waals surface area contributed by atoms with Crippen LogP contribution in [0.4, 0.5) is 0 Å². The monoisotopic (exact) mass is 285 g/mol. The first-order valence-electron chi connectivity index (χ1n) is 7.76. The zero-order chi connectivity index (χ0) is 15.0. The molecule has 0 aliphatic carbocycles. The number of aliphatic carboxylic acids is 1. The van der Waals surface area contributed by atoms with Gasteiger partial charge in [-0.15, -0.1) is 0 Å². The van der Waals surface area contributed by atoms with Crippen LogP contribution in [0.5, 0.6) is 0 Å². The Balaban J connectivity index is 2.20. The minimum atomic E-state index is -1.02. The van der Waals surface area contributed by atoms with Crippen molar-refractivity contribution < 1.29 is 19.8 Å². The minimum Gasteiger partial charge on any atom is -0.480 e. The van der Waals surface area contributed by atoms with Crippen LogP contribution in [0.1, 0.15) is 64.7 Å². The number of aliphatic hydroxyl groups is 1. The number of carbonyl (C=O) groups is 2. The van der Waals surface area contributed by atoms with Crippen LogP contribution in [0.25, 0.3) is 0 Å². The molecule has 1 heterocycles. The molecule has 5 nitrogen and oxygen atoms in total. The van der Waals surface area contributed by atoms with E-state index in [1.807, 2.05) is 0 Å². The van der Waals surface area contributed by atoms with Crippen molar-refractivity contribution in [1.29, 1.82) is 0 Å². The predicted molar refractivity (Wildman–Crippen MR) is 76.4 cm³/mol. The van der Waals surface area contributed by atoms with Gasteiger partial charge in [-0.25, -0.2) is 4.79 Å². The number of carbonyl (C=O) groups excluding carboxylic acids is 1. The summed E-state index contributed by atoms with van der Waals surface area (Å²) in [5.74, 6) is -1.16. The average molecular weight is 285 g/mol. The molecule has 1 rings (SSSR count). The third-order valence-corrected chi connectivity index (χ3v) is 3.88. The third-order valence-electron chi connectivity index (χ3n) is 3.88. The lowest BCUT2D eigenvalue weighted by molar-refractivity contribution is -0.148. The summed E-state index contributed by atoms with van der Waals surface area (Å²) >= 11 is 0. The van der Waals surface area contributed by atoms with Crippen molar-refractivity contribution in [2.45, 2.75) is 76.9 Å². The maximum absolute atomic E-state index is 12.0. The van der Waals surface area contributed by atoms with Crippen LogP contribution in [-0.2, 0) is 9.59 Å². The van der Waals surface area contributed by atoms with E-state index in [0.717, 1.165) is 19.3 Å². The fraction of sp³-hybridized carbons (Fsp3) is 0.867. The topological polar surface area (TPSA) is 77.8 Å². The van der Waals surface area contributed by atoms with Crippen molar-refractivity contribution in [3.8, 4) is 0 Å². The number of amides is 1. The van der Waals surface area contributed by atoms with Crippen LogP contribution in [0.3, 0.4) is 0 Å². The van der Waals surface area contributed by atoms with E-state index in [4.69, 9.17) is 5.11 Å². The van der Waals surface area contributed by atoms with Gasteiger partial charge in [0.05, 0.1) is 6.10 Å². The third kappa shape index (κ3) is 5.49. The highest BCUT2D eigenvalue weighted by Crippen LogP contribution is 2.20. The summed E-state index contributed by atoms with van der Waals surface area (Å²) in [5.41, 5.74) is 0. The van der Waals surface area contributed by atoms with Gasteiger partial charge in [0.25, 0.3) is 0 Å². The normalized spacial score (nSPS) is 22.2. The van der Waals surface area contributed by atoms with Gasteiger partial charge in [-0.1, -0.05) is 45.4 Å². The molecule has 1 fully saturated rings. The molecule has 2 atom stereocenters. The minimum absolute atomic E-state index is 0.137. The molecule has 1 saturated heterocycles. The molecule has 0 aromatic carbocycles. The number of likely N-dealkylation sites (tertiary alicyclic amines) is 1. The van der Waals surface area contributed by atoms with Gasteiger partial charge in [-0.05, 0) is 6.42 Å². The summed E-state index contributed by atoms with van der Waals surface area (Å²) < 4.78 is 0. The standard InChI is InChI=1S/C15H27NO4/c1-2-3-4-5-6-7-8-9-14(18)16-11-12(17)10-13(16)15(19)20/h12-13,17H,2-11H2,1H3,(H,19,20)/t12-,13-/m0/s1.